The van der Waals surface area contributed by atoms with Crippen molar-refractivity contribution in [2.24, 2.45) is 5.92 Å². The maximum absolute atomic E-state index is 12.7. The summed E-state index contributed by atoms with van der Waals surface area (Å²) in [5.41, 5.74) is 1.56. The molecule has 1 aromatic carbocycles. The average molecular weight is 250 g/mol. The predicted molar refractivity (Wildman–Crippen MR) is 65.2 cm³/mol. The van der Waals surface area contributed by atoms with E-state index in [0.29, 0.717) is 25.1 Å². The molecule has 1 saturated heterocycles. The molecule has 0 radical (unpaired) electrons. The Labute approximate surface area is 106 Å². The number of nitrogens with zero attached hydrogens (tertiary/aromatic N) is 2. The van der Waals surface area contributed by atoms with Gasteiger partial charge in [-0.3, -0.25) is 4.90 Å². The van der Waals surface area contributed by atoms with Gasteiger partial charge in [0.05, 0.1) is 11.6 Å². The van der Waals surface area contributed by atoms with E-state index >= 15 is 0 Å². The number of benzene rings is 1. The molecular weight excluding hydrogens is 234 g/mol. The van der Waals surface area contributed by atoms with Gasteiger partial charge < -0.3 is 0 Å². The Bertz CT molecular complexity index is 440. The number of likely N-dealkylation sites (tertiary alicyclic amines) is 1. The van der Waals surface area contributed by atoms with Gasteiger partial charge in [0.25, 0.3) is 0 Å². The third-order valence-corrected chi connectivity index (χ3v) is 3.43. The summed E-state index contributed by atoms with van der Waals surface area (Å²) in [6, 6.07) is 9.50. The third-order valence-electron chi connectivity index (χ3n) is 3.43. The molecule has 1 fully saturated rings. The highest BCUT2D eigenvalue weighted by molar-refractivity contribution is 5.37. The second kappa shape index (κ2) is 5.92. The molecule has 18 heavy (non-hydrogen) atoms. The van der Waals surface area contributed by atoms with Crippen LogP contribution in [0, 0.1) is 17.2 Å². The Kier molecular flexibility index (Phi) is 4.27. The van der Waals surface area contributed by atoms with Gasteiger partial charge in [0.1, 0.15) is 0 Å². The van der Waals surface area contributed by atoms with Crippen molar-refractivity contribution in [3.63, 3.8) is 0 Å². The van der Waals surface area contributed by atoms with Crippen LogP contribution in [0.25, 0.3) is 0 Å². The lowest BCUT2D eigenvalue weighted by atomic mass is 9.97. The summed E-state index contributed by atoms with van der Waals surface area (Å²) in [6.07, 6.45) is -0.823. The minimum atomic E-state index is -2.24. The summed E-state index contributed by atoms with van der Waals surface area (Å²) in [4.78, 5) is 2.02. The highest BCUT2D eigenvalue weighted by Gasteiger charge is 2.27. The predicted octanol–water partition coefficient (Wildman–Crippen LogP) is 3.04. The molecule has 1 aliphatic heterocycles. The van der Waals surface area contributed by atoms with Crippen LogP contribution in [0.15, 0.2) is 24.3 Å². The Balaban J connectivity index is 2.03. The van der Waals surface area contributed by atoms with E-state index in [1.165, 1.54) is 0 Å². The third kappa shape index (κ3) is 3.05. The van der Waals surface area contributed by atoms with Crippen LogP contribution < -0.4 is 0 Å². The quantitative estimate of drug-likeness (QED) is 0.824. The van der Waals surface area contributed by atoms with Crippen molar-refractivity contribution >= 4 is 0 Å². The van der Waals surface area contributed by atoms with Crippen molar-refractivity contribution in [1.82, 2.24) is 4.90 Å². The van der Waals surface area contributed by atoms with E-state index in [4.69, 9.17) is 5.26 Å². The number of rotatable bonds is 3. The molecular formula is C14H16F2N2. The zero-order chi connectivity index (χ0) is 13.0. The number of nitriles is 1. The van der Waals surface area contributed by atoms with Crippen LogP contribution in [0.4, 0.5) is 8.78 Å². The molecule has 0 aliphatic carbocycles. The summed E-state index contributed by atoms with van der Waals surface area (Å²) >= 11 is 0. The lowest BCUT2D eigenvalue weighted by Crippen LogP contribution is -2.37. The molecule has 2 nitrogen and oxygen atoms in total. The van der Waals surface area contributed by atoms with Crippen LogP contribution in [0.1, 0.15) is 24.0 Å². The maximum Gasteiger partial charge on any atom is 0.242 e. The second-order valence-corrected chi connectivity index (χ2v) is 4.74. The molecule has 1 unspecified atom stereocenters. The van der Waals surface area contributed by atoms with E-state index in [1.807, 2.05) is 23.1 Å². The van der Waals surface area contributed by atoms with E-state index in [1.54, 1.807) is 6.07 Å². The molecule has 0 N–H and O–H groups in total. The van der Waals surface area contributed by atoms with Crippen LogP contribution in [-0.4, -0.2) is 24.4 Å². The molecule has 1 atom stereocenters. The fraction of sp³-hybridized carbons (Fsp3) is 0.500. The lowest BCUT2D eigenvalue weighted by molar-refractivity contribution is 0.0253. The first kappa shape index (κ1) is 13.0. The minimum absolute atomic E-state index is 0.428. The highest BCUT2D eigenvalue weighted by atomic mass is 19.3. The minimum Gasteiger partial charge on any atom is -0.299 e. The van der Waals surface area contributed by atoms with Crippen LogP contribution >= 0.6 is 0 Å². The number of halogens is 2. The molecule has 96 valence electrons. The molecule has 1 aromatic rings. The summed E-state index contributed by atoms with van der Waals surface area (Å²) in [6.45, 7) is 1.85. The van der Waals surface area contributed by atoms with E-state index in [-0.39, 0.29) is 0 Å². The largest absolute Gasteiger partial charge is 0.299 e. The fourth-order valence-electron chi connectivity index (χ4n) is 2.45. The summed E-state index contributed by atoms with van der Waals surface area (Å²) in [7, 11) is 0. The monoisotopic (exact) mass is 250 g/mol. The molecule has 1 heterocycles. The number of piperidine rings is 1. The zero-order valence-corrected chi connectivity index (χ0v) is 10.1. The molecule has 0 aromatic heterocycles. The van der Waals surface area contributed by atoms with Gasteiger partial charge in [-0.25, -0.2) is 8.78 Å². The van der Waals surface area contributed by atoms with Crippen molar-refractivity contribution in [1.29, 1.82) is 5.26 Å². The van der Waals surface area contributed by atoms with Crippen molar-refractivity contribution in [2.75, 3.05) is 13.1 Å². The first-order valence-corrected chi connectivity index (χ1v) is 6.19. The van der Waals surface area contributed by atoms with Crippen molar-refractivity contribution in [3.8, 4) is 6.07 Å². The first-order chi connectivity index (χ1) is 8.70. The highest BCUT2D eigenvalue weighted by Crippen LogP contribution is 2.24. The van der Waals surface area contributed by atoms with Gasteiger partial charge in [-0.2, -0.15) is 5.26 Å². The summed E-state index contributed by atoms with van der Waals surface area (Å²) < 4.78 is 25.4. The van der Waals surface area contributed by atoms with Gasteiger partial charge in [-0.15, -0.1) is 0 Å². The zero-order valence-electron chi connectivity index (χ0n) is 10.1. The smallest absolute Gasteiger partial charge is 0.242 e. The molecule has 0 amide bonds. The Morgan fingerprint density at radius 3 is 2.89 bits per heavy atom. The van der Waals surface area contributed by atoms with E-state index in [2.05, 4.69) is 6.07 Å². The Morgan fingerprint density at radius 1 is 1.39 bits per heavy atom. The van der Waals surface area contributed by atoms with Gasteiger partial charge in [0, 0.05) is 19.0 Å². The van der Waals surface area contributed by atoms with Gasteiger partial charge >= 0.3 is 0 Å². The standard InChI is InChI=1S/C14H16F2N2/c15-14(16)13-6-3-7-18(10-13)9-12-5-2-1-4-11(12)8-17/h1-2,4-5,13-14H,3,6-7,9-10H2. The first-order valence-electron chi connectivity index (χ1n) is 6.19. The van der Waals surface area contributed by atoms with Crippen LogP contribution in [0.3, 0.4) is 0 Å². The molecule has 0 saturated carbocycles. The second-order valence-electron chi connectivity index (χ2n) is 4.74. The SMILES string of the molecule is N#Cc1ccccc1CN1CCCC(C(F)F)C1. The molecule has 4 heteroatoms. The topological polar surface area (TPSA) is 27.0 Å². The molecule has 1 aliphatic rings. The van der Waals surface area contributed by atoms with Crippen LogP contribution in [-0.2, 0) is 6.54 Å². The number of hydrogen-bond donors (Lipinski definition) is 0. The summed E-state index contributed by atoms with van der Waals surface area (Å²) in [5.74, 6) is -0.520. The van der Waals surface area contributed by atoms with Gasteiger partial charge in [0.15, 0.2) is 0 Å². The Morgan fingerprint density at radius 2 is 2.17 bits per heavy atom. The van der Waals surface area contributed by atoms with E-state index in [9.17, 15) is 8.78 Å². The van der Waals surface area contributed by atoms with Crippen molar-refractivity contribution in [3.05, 3.63) is 35.4 Å². The van der Waals surface area contributed by atoms with Crippen molar-refractivity contribution < 1.29 is 8.78 Å². The average Bonchev–Trinajstić information content (AvgIpc) is 2.39. The fourth-order valence-corrected chi connectivity index (χ4v) is 2.45. The van der Waals surface area contributed by atoms with Crippen LogP contribution in [0.2, 0.25) is 0 Å². The van der Waals surface area contributed by atoms with E-state index < -0.39 is 12.3 Å². The number of hydrogen-bond acceptors (Lipinski definition) is 2. The van der Waals surface area contributed by atoms with Gasteiger partial charge in [-0.1, -0.05) is 18.2 Å². The van der Waals surface area contributed by atoms with E-state index in [0.717, 1.165) is 18.5 Å². The molecule has 0 spiro atoms. The molecule has 2 rings (SSSR count). The van der Waals surface area contributed by atoms with Crippen molar-refractivity contribution in [2.45, 2.75) is 25.8 Å². The summed E-state index contributed by atoms with van der Waals surface area (Å²) in [5, 5.41) is 9.00. The lowest BCUT2D eigenvalue weighted by Gasteiger charge is -2.32. The van der Waals surface area contributed by atoms with Gasteiger partial charge in [0.2, 0.25) is 6.43 Å². The normalized spacial score (nSPS) is 20.9. The van der Waals surface area contributed by atoms with Crippen LogP contribution in [0.5, 0.6) is 0 Å². The van der Waals surface area contributed by atoms with Gasteiger partial charge in [-0.05, 0) is 31.0 Å². The Hall–Kier alpha value is -1.47. The molecule has 0 bridgehead atoms. The maximum atomic E-state index is 12.7. The number of alkyl halides is 2.